The molecule has 0 heterocycles. The molecule has 0 spiro atoms. The minimum atomic E-state index is -0.279. The summed E-state index contributed by atoms with van der Waals surface area (Å²) in [5.41, 5.74) is 1.69. The molecule has 13 heavy (non-hydrogen) atoms. The molecule has 0 aliphatic carbocycles. The summed E-state index contributed by atoms with van der Waals surface area (Å²) in [5.74, 6) is -0.279. The van der Waals surface area contributed by atoms with Crippen LogP contribution in [-0.2, 0) is 6.42 Å². The van der Waals surface area contributed by atoms with Crippen molar-refractivity contribution in [2.24, 2.45) is 0 Å². The van der Waals surface area contributed by atoms with Gasteiger partial charge in [0.05, 0.1) is 0 Å². The van der Waals surface area contributed by atoms with Crippen molar-refractivity contribution in [2.45, 2.75) is 26.7 Å². The number of hydrogen-bond donors (Lipinski definition) is 1. The van der Waals surface area contributed by atoms with E-state index in [0.29, 0.717) is 5.56 Å². The van der Waals surface area contributed by atoms with Crippen LogP contribution < -0.4 is 0 Å². The van der Waals surface area contributed by atoms with Gasteiger partial charge in [0.15, 0.2) is 0 Å². The topological polar surface area (TPSA) is 23.9 Å². The number of halogens is 1. The van der Waals surface area contributed by atoms with Gasteiger partial charge in [0.1, 0.15) is 5.82 Å². The summed E-state index contributed by atoms with van der Waals surface area (Å²) in [4.78, 5) is 0. The summed E-state index contributed by atoms with van der Waals surface area (Å²) in [5, 5.41) is 7.31. The summed E-state index contributed by atoms with van der Waals surface area (Å²) in [7, 11) is 0. The van der Waals surface area contributed by atoms with Crippen LogP contribution in [0.15, 0.2) is 18.2 Å². The van der Waals surface area contributed by atoms with Gasteiger partial charge in [0, 0.05) is 11.3 Å². The van der Waals surface area contributed by atoms with E-state index >= 15 is 0 Å². The smallest absolute Gasteiger partial charge is 0.132 e. The molecule has 0 radical (unpaired) electrons. The maximum absolute atomic E-state index is 13.3. The van der Waals surface area contributed by atoms with Crippen LogP contribution in [0.2, 0.25) is 0 Å². The molecule has 0 aliphatic heterocycles. The second-order valence-electron chi connectivity index (χ2n) is 3.19. The number of hydrogen-bond acceptors (Lipinski definition) is 1. The normalized spacial score (nSPS) is 10.1. The molecule has 2 heteroatoms. The Hall–Kier alpha value is -1.18. The molecular weight excluding hydrogens is 165 g/mol. The highest BCUT2D eigenvalue weighted by molar-refractivity contribution is 5.96. The summed E-state index contributed by atoms with van der Waals surface area (Å²) in [6.07, 6.45) is 1.91. The Labute approximate surface area is 78.1 Å². The average molecular weight is 179 g/mol. The Morgan fingerprint density at radius 1 is 1.46 bits per heavy atom. The van der Waals surface area contributed by atoms with Crippen molar-refractivity contribution in [1.29, 1.82) is 5.41 Å². The first kappa shape index (κ1) is 9.90. The molecule has 0 saturated carbocycles. The first-order valence-corrected chi connectivity index (χ1v) is 4.49. The van der Waals surface area contributed by atoms with Crippen LogP contribution in [0.4, 0.5) is 4.39 Å². The van der Waals surface area contributed by atoms with E-state index in [2.05, 4.69) is 6.92 Å². The third kappa shape index (κ3) is 2.38. The van der Waals surface area contributed by atoms with Gasteiger partial charge in [-0.05, 0) is 31.0 Å². The van der Waals surface area contributed by atoms with E-state index < -0.39 is 0 Å². The summed E-state index contributed by atoms with van der Waals surface area (Å²) >= 11 is 0. The third-order valence-corrected chi connectivity index (χ3v) is 1.98. The number of nitrogens with one attached hydrogen (secondary N) is 1. The van der Waals surface area contributed by atoms with Gasteiger partial charge in [-0.25, -0.2) is 4.39 Å². The second-order valence-corrected chi connectivity index (χ2v) is 3.19. The molecule has 0 aromatic heterocycles. The molecule has 0 aliphatic rings. The Morgan fingerprint density at radius 3 is 2.62 bits per heavy atom. The molecule has 0 unspecified atom stereocenters. The Balaban J connectivity index is 2.98. The first-order chi connectivity index (χ1) is 6.15. The van der Waals surface area contributed by atoms with Crippen molar-refractivity contribution in [3.63, 3.8) is 0 Å². The van der Waals surface area contributed by atoms with E-state index in [-0.39, 0.29) is 11.5 Å². The predicted octanol–water partition coefficient (Wildman–Crippen LogP) is 3.17. The fourth-order valence-corrected chi connectivity index (χ4v) is 1.31. The Bertz CT molecular complexity index is 318. The van der Waals surface area contributed by atoms with Crippen molar-refractivity contribution in [3.05, 3.63) is 35.1 Å². The highest BCUT2D eigenvalue weighted by atomic mass is 19.1. The highest BCUT2D eigenvalue weighted by Crippen LogP contribution is 2.12. The average Bonchev–Trinajstić information content (AvgIpc) is 2.04. The van der Waals surface area contributed by atoms with Crippen LogP contribution in [0.1, 0.15) is 31.4 Å². The minimum Gasteiger partial charge on any atom is -0.305 e. The maximum atomic E-state index is 13.3. The fourth-order valence-electron chi connectivity index (χ4n) is 1.31. The zero-order chi connectivity index (χ0) is 9.84. The van der Waals surface area contributed by atoms with Crippen molar-refractivity contribution < 1.29 is 4.39 Å². The van der Waals surface area contributed by atoms with Gasteiger partial charge in [-0.15, -0.1) is 0 Å². The Morgan fingerprint density at radius 2 is 2.15 bits per heavy atom. The van der Waals surface area contributed by atoms with Crippen LogP contribution in [0, 0.1) is 11.2 Å². The van der Waals surface area contributed by atoms with Gasteiger partial charge in [-0.2, -0.15) is 0 Å². The first-order valence-electron chi connectivity index (χ1n) is 4.49. The number of rotatable bonds is 3. The van der Waals surface area contributed by atoms with E-state index in [1.165, 1.54) is 6.07 Å². The zero-order valence-electron chi connectivity index (χ0n) is 8.02. The molecule has 0 amide bonds. The second kappa shape index (κ2) is 4.17. The van der Waals surface area contributed by atoms with Crippen molar-refractivity contribution >= 4 is 5.71 Å². The van der Waals surface area contributed by atoms with Crippen molar-refractivity contribution in [3.8, 4) is 0 Å². The highest BCUT2D eigenvalue weighted by Gasteiger charge is 2.04. The quantitative estimate of drug-likeness (QED) is 0.689. The van der Waals surface area contributed by atoms with Gasteiger partial charge < -0.3 is 5.41 Å². The molecule has 0 fully saturated rings. The molecule has 0 saturated heterocycles. The molecule has 1 nitrogen and oxygen atoms in total. The SMILES string of the molecule is CCCc1ccc(C(C)=N)c(F)c1. The van der Waals surface area contributed by atoms with Gasteiger partial charge >= 0.3 is 0 Å². The minimum absolute atomic E-state index is 0.278. The lowest BCUT2D eigenvalue weighted by atomic mass is 10.0. The lowest BCUT2D eigenvalue weighted by Gasteiger charge is -2.03. The number of benzene rings is 1. The number of aryl methyl sites for hydroxylation is 1. The van der Waals surface area contributed by atoms with Gasteiger partial charge in [0.25, 0.3) is 0 Å². The molecule has 1 rings (SSSR count). The van der Waals surface area contributed by atoms with E-state index in [4.69, 9.17) is 5.41 Å². The van der Waals surface area contributed by atoms with Crippen LogP contribution in [0.3, 0.4) is 0 Å². The predicted molar refractivity (Wildman–Crippen MR) is 52.9 cm³/mol. The lowest BCUT2D eigenvalue weighted by molar-refractivity contribution is 0.622. The molecule has 0 atom stereocenters. The van der Waals surface area contributed by atoms with E-state index in [1.54, 1.807) is 13.0 Å². The fraction of sp³-hybridized carbons (Fsp3) is 0.364. The van der Waals surface area contributed by atoms with Crippen LogP contribution in [0.5, 0.6) is 0 Å². The van der Waals surface area contributed by atoms with Crippen LogP contribution in [0.25, 0.3) is 0 Å². The Kier molecular flexibility index (Phi) is 3.18. The monoisotopic (exact) mass is 179 g/mol. The largest absolute Gasteiger partial charge is 0.305 e. The summed E-state index contributed by atoms with van der Waals surface area (Å²) in [6.45, 7) is 3.66. The maximum Gasteiger partial charge on any atom is 0.132 e. The van der Waals surface area contributed by atoms with E-state index in [1.807, 2.05) is 6.07 Å². The van der Waals surface area contributed by atoms with Gasteiger partial charge in [0.2, 0.25) is 0 Å². The van der Waals surface area contributed by atoms with Crippen molar-refractivity contribution in [1.82, 2.24) is 0 Å². The van der Waals surface area contributed by atoms with Crippen LogP contribution >= 0.6 is 0 Å². The van der Waals surface area contributed by atoms with E-state index in [9.17, 15) is 4.39 Å². The molecule has 70 valence electrons. The molecule has 0 bridgehead atoms. The van der Waals surface area contributed by atoms with Gasteiger partial charge in [-0.1, -0.05) is 19.4 Å². The van der Waals surface area contributed by atoms with Crippen molar-refractivity contribution in [2.75, 3.05) is 0 Å². The summed E-state index contributed by atoms with van der Waals surface area (Å²) < 4.78 is 13.3. The standard InChI is InChI=1S/C11H14FN/c1-3-4-9-5-6-10(8(2)13)11(12)7-9/h5-7,13H,3-4H2,1-2H3. The molecule has 1 aromatic rings. The molecular formula is C11H14FN. The third-order valence-electron chi connectivity index (χ3n) is 1.98. The molecule has 1 N–H and O–H groups in total. The van der Waals surface area contributed by atoms with Crippen LogP contribution in [-0.4, -0.2) is 5.71 Å². The summed E-state index contributed by atoms with van der Waals surface area (Å²) in [6, 6.07) is 5.10. The van der Waals surface area contributed by atoms with Gasteiger partial charge in [-0.3, -0.25) is 0 Å². The molecule has 1 aromatic carbocycles. The van der Waals surface area contributed by atoms with E-state index in [0.717, 1.165) is 18.4 Å². The lowest BCUT2D eigenvalue weighted by Crippen LogP contribution is -1.98. The zero-order valence-corrected chi connectivity index (χ0v) is 8.02.